The Morgan fingerprint density at radius 2 is 1.77 bits per heavy atom. The summed E-state index contributed by atoms with van der Waals surface area (Å²) in [6.45, 7) is 0.661. The number of likely N-dealkylation sites (N-methyl/N-ethyl adjacent to an activating group) is 2. The van der Waals surface area contributed by atoms with Crippen molar-refractivity contribution >= 4 is 11.9 Å². The van der Waals surface area contributed by atoms with Gasteiger partial charge in [0.1, 0.15) is 0 Å². The molecule has 0 unspecified atom stereocenters. The molecule has 0 aromatic heterocycles. The van der Waals surface area contributed by atoms with Crippen LogP contribution in [0.1, 0.15) is 0 Å². The van der Waals surface area contributed by atoms with E-state index < -0.39 is 17.8 Å². The molecule has 0 N–H and O–H groups in total. The fraction of sp³-hybridized carbons (Fsp3) is 0.714. The van der Waals surface area contributed by atoms with E-state index in [1.54, 1.807) is 0 Å². The van der Waals surface area contributed by atoms with Crippen molar-refractivity contribution in [2.45, 2.75) is 5.91 Å². The van der Waals surface area contributed by atoms with Crippen LogP contribution in [0.5, 0.6) is 0 Å². The standard InChI is InChI=1S/C7H10N2O4/c1-8-5(10)7(9(2)6(8)11)12-3-4-13-7/h3-4H2,1-2H3. The zero-order valence-corrected chi connectivity index (χ0v) is 7.44. The highest BCUT2D eigenvalue weighted by Crippen LogP contribution is 2.31. The molecule has 2 aliphatic rings. The van der Waals surface area contributed by atoms with Crippen molar-refractivity contribution in [3.63, 3.8) is 0 Å². The second-order valence-electron chi connectivity index (χ2n) is 2.98. The first-order valence-electron chi connectivity index (χ1n) is 3.93. The number of rotatable bonds is 0. The van der Waals surface area contributed by atoms with Crippen LogP contribution >= 0.6 is 0 Å². The first-order chi connectivity index (χ1) is 6.09. The predicted octanol–water partition coefficient (Wildman–Crippen LogP) is -0.789. The third kappa shape index (κ3) is 0.840. The fourth-order valence-corrected chi connectivity index (χ4v) is 1.51. The number of hydrogen-bond donors (Lipinski definition) is 0. The van der Waals surface area contributed by atoms with E-state index in [9.17, 15) is 9.59 Å². The van der Waals surface area contributed by atoms with Crippen LogP contribution in [0.4, 0.5) is 4.79 Å². The minimum atomic E-state index is -1.48. The number of urea groups is 1. The highest BCUT2D eigenvalue weighted by molar-refractivity contribution is 6.04. The van der Waals surface area contributed by atoms with Crippen LogP contribution in [0, 0.1) is 0 Å². The van der Waals surface area contributed by atoms with Gasteiger partial charge in [0, 0.05) is 14.1 Å². The third-order valence-corrected chi connectivity index (χ3v) is 2.27. The maximum Gasteiger partial charge on any atom is 0.340 e. The lowest BCUT2D eigenvalue weighted by Gasteiger charge is -2.24. The summed E-state index contributed by atoms with van der Waals surface area (Å²) < 4.78 is 10.3. The molecule has 72 valence electrons. The van der Waals surface area contributed by atoms with E-state index in [0.717, 1.165) is 4.90 Å². The normalized spacial score (nSPS) is 26.6. The molecule has 0 bridgehead atoms. The van der Waals surface area contributed by atoms with E-state index in [0.29, 0.717) is 13.2 Å². The Hall–Kier alpha value is -1.14. The summed E-state index contributed by atoms with van der Waals surface area (Å²) in [6.07, 6.45) is 0. The second kappa shape index (κ2) is 2.43. The van der Waals surface area contributed by atoms with Crippen molar-refractivity contribution in [1.82, 2.24) is 9.80 Å². The molecule has 0 aromatic carbocycles. The van der Waals surface area contributed by atoms with Gasteiger partial charge in [-0.3, -0.25) is 14.6 Å². The molecule has 2 heterocycles. The molecule has 2 saturated heterocycles. The number of carbonyl (C=O) groups is 2. The van der Waals surface area contributed by atoms with Gasteiger partial charge in [-0.2, -0.15) is 0 Å². The number of ether oxygens (including phenoxy) is 2. The molecule has 6 heteroatoms. The van der Waals surface area contributed by atoms with E-state index in [4.69, 9.17) is 9.47 Å². The minimum absolute atomic E-state index is 0.331. The summed E-state index contributed by atoms with van der Waals surface area (Å²) in [6, 6.07) is -0.410. The SMILES string of the molecule is CN1C(=O)N(C)C2(OCCO2)C1=O. The minimum Gasteiger partial charge on any atom is -0.323 e. The Balaban J connectivity index is 2.38. The van der Waals surface area contributed by atoms with Crippen molar-refractivity contribution < 1.29 is 19.1 Å². The second-order valence-corrected chi connectivity index (χ2v) is 2.98. The summed E-state index contributed by atoms with van der Waals surface area (Å²) in [4.78, 5) is 25.1. The average Bonchev–Trinajstić information content (AvgIpc) is 2.67. The number of hydrogen-bond acceptors (Lipinski definition) is 4. The lowest BCUT2D eigenvalue weighted by molar-refractivity contribution is -0.217. The van der Waals surface area contributed by atoms with Gasteiger partial charge in [-0.25, -0.2) is 4.79 Å². The largest absolute Gasteiger partial charge is 0.340 e. The van der Waals surface area contributed by atoms with Crippen molar-refractivity contribution in [3.05, 3.63) is 0 Å². The molecular weight excluding hydrogens is 176 g/mol. The zero-order chi connectivity index (χ0) is 9.64. The average molecular weight is 186 g/mol. The number of carbonyl (C=O) groups excluding carboxylic acids is 2. The van der Waals surface area contributed by atoms with Crippen LogP contribution < -0.4 is 0 Å². The number of nitrogens with zero attached hydrogens (tertiary/aromatic N) is 2. The van der Waals surface area contributed by atoms with Crippen LogP contribution in [-0.4, -0.2) is 55.0 Å². The molecule has 2 fully saturated rings. The van der Waals surface area contributed by atoms with Gasteiger partial charge in [-0.1, -0.05) is 0 Å². The van der Waals surface area contributed by atoms with E-state index in [-0.39, 0.29) is 0 Å². The monoisotopic (exact) mass is 186 g/mol. The molecule has 6 nitrogen and oxygen atoms in total. The molecule has 2 rings (SSSR count). The van der Waals surface area contributed by atoms with Crippen molar-refractivity contribution in [3.8, 4) is 0 Å². The Labute approximate surface area is 75.0 Å². The van der Waals surface area contributed by atoms with Gasteiger partial charge in [0.05, 0.1) is 13.2 Å². The van der Waals surface area contributed by atoms with E-state index >= 15 is 0 Å². The summed E-state index contributed by atoms with van der Waals surface area (Å²) in [5, 5.41) is 0. The Morgan fingerprint density at radius 3 is 2.15 bits per heavy atom. The summed E-state index contributed by atoms with van der Waals surface area (Å²) >= 11 is 0. The van der Waals surface area contributed by atoms with Crippen molar-refractivity contribution in [2.75, 3.05) is 27.3 Å². The zero-order valence-electron chi connectivity index (χ0n) is 7.44. The molecular formula is C7H10N2O4. The molecule has 3 amide bonds. The first kappa shape index (κ1) is 8.46. The van der Waals surface area contributed by atoms with Gasteiger partial charge in [-0.15, -0.1) is 0 Å². The molecule has 0 aromatic rings. The smallest absolute Gasteiger partial charge is 0.323 e. The van der Waals surface area contributed by atoms with Crippen LogP contribution in [0.15, 0.2) is 0 Å². The molecule has 0 aliphatic carbocycles. The molecule has 0 radical (unpaired) electrons. The van der Waals surface area contributed by atoms with Gasteiger partial charge in [-0.05, 0) is 0 Å². The van der Waals surface area contributed by atoms with Crippen LogP contribution in [0.2, 0.25) is 0 Å². The summed E-state index contributed by atoms with van der Waals surface area (Å²) in [5.41, 5.74) is 0. The van der Waals surface area contributed by atoms with Gasteiger partial charge < -0.3 is 9.47 Å². The highest BCUT2D eigenvalue weighted by Gasteiger charge is 2.59. The Morgan fingerprint density at radius 1 is 1.23 bits per heavy atom. The molecule has 2 aliphatic heterocycles. The van der Waals surface area contributed by atoms with Gasteiger partial charge in [0.2, 0.25) is 0 Å². The maximum absolute atomic E-state index is 11.6. The van der Waals surface area contributed by atoms with Gasteiger partial charge in [0.15, 0.2) is 0 Å². The Kier molecular flexibility index (Phi) is 1.58. The highest BCUT2D eigenvalue weighted by atomic mass is 16.8. The van der Waals surface area contributed by atoms with Crippen molar-refractivity contribution in [1.29, 1.82) is 0 Å². The van der Waals surface area contributed by atoms with Gasteiger partial charge >= 0.3 is 17.8 Å². The predicted molar refractivity (Wildman–Crippen MR) is 40.6 cm³/mol. The third-order valence-electron chi connectivity index (χ3n) is 2.27. The van der Waals surface area contributed by atoms with E-state index in [1.165, 1.54) is 19.0 Å². The van der Waals surface area contributed by atoms with Crippen LogP contribution in [-0.2, 0) is 14.3 Å². The fourth-order valence-electron chi connectivity index (χ4n) is 1.51. The topological polar surface area (TPSA) is 59.1 Å². The quantitative estimate of drug-likeness (QED) is 0.465. The lowest BCUT2D eigenvalue weighted by atomic mass is 10.4. The molecule has 13 heavy (non-hydrogen) atoms. The van der Waals surface area contributed by atoms with E-state index in [1.807, 2.05) is 0 Å². The Bertz CT molecular complexity index is 272. The molecule has 1 spiro atoms. The van der Waals surface area contributed by atoms with Gasteiger partial charge in [0.25, 0.3) is 0 Å². The molecule has 0 saturated carbocycles. The summed E-state index contributed by atoms with van der Waals surface area (Å²) in [5.74, 6) is -1.94. The summed E-state index contributed by atoms with van der Waals surface area (Å²) in [7, 11) is 2.88. The molecule has 0 atom stereocenters. The first-order valence-corrected chi connectivity index (χ1v) is 3.93. The maximum atomic E-state index is 11.6. The van der Waals surface area contributed by atoms with Crippen molar-refractivity contribution in [2.24, 2.45) is 0 Å². The van der Waals surface area contributed by atoms with Crippen LogP contribution in [0.25, 0.3) is 0 Å². The lowest BCUT2D eigenvalue weighted by Crippen LogP contribution is -2.48. The van der Waals surface area contributed by atoms with Crippen LogP contribution in [0.3, 0.4) is 0 Å². The number of imide groups is 1. The van der Waals surface area contributed by atoms with E-state index in [2.05, 4.69) is 0 Å². The number of amides is 3.